The highest BCUT2D eigenvalue weighted by molar-refractivity contribution is 7.51. The van der Waals surface area contributed by atoms with Gasteiger partial charge in [-0.15, -0.1) is 0 Å². The summed E-state index contributed by atoms with van der Waals surface area (Å²) in [6.45, 7) is 3.36. The third-order valence-electron chi connectivity index (χ3n) is 8.69. The molecule has 10 heteroatoms. The Kier molecular flexibility index (Phi) is 29.1. The molecule has 0 aliphatic carbocycles. The topological polar surface area (TPSA) is 136 Å². The van der Waals surface area contributed by atoms with Crippen LogP contribution in [0.2, 0.25) is 0 Å². The maximum atomic E-state index is 12.8. The SMILES string of the molecule is CCCCCCC/C=C\CCCCCCCCCC/C=C\CCCCC(=O)OC[C@@H](O)COP(=O)([O-])C(CC)[N+](C)(C)CCC(O)O. The highest BCUT2D eigenvalue weighted by atomic mass is 31.2. The molecule has 0 aliphatic rings. The number of aliphatic hydroxyl groups is 3. The summed E-state index contributed by atoms with van der Waals surface area (Å²) in [5.74, 6) is -1.34. The zero-order valence-electron chi connectivity index (χ0n) is 30.5. The first-order valence-corrected chi connectivity index (χ1v) is 20.3. The van der Waals surface area contributed by atoms with Crippen LogP contribution in [0.1, 0.15) is 155 Å². The van der Waals surface area contributed by atoms with Crippen molar-refractivity contribution in [2.45, 2.75) is 173 Å². The largest absolute Gasteiger partial charge is 0.774 e. The fourth-order valence-electron chi connectivity index (χ4n) is 5.74. The van der Waals surface area contributed by atoms with Crippen molar-refractivity contribution in [1.82, 2.24) is 0 Å². The number of unbranched alkanes of at least 4 members (excludes halogenated alkanes) is 16. The lowest BCUT2D eigenvalue weighted by Gasteiger charge is -2.43. The van der Waals surface area contributed by atoms with Gasteiger partial charge in [0.05, 0.1) is 27.2 Å². The summed E-state index contributed by atoms with van der Waals surface area (Å²) < 4.78 is 22.9. The van der Waals surface area contributed by atoms with E-state index in [-0.39, 0.29) is 36.9 Å². The minimum atomic E-state index is -4.39. The molecule has 9 nitrogen and oxygen atoms in total. The molecule has 3 atom stereocenters. The van der Waals surface area contributed by atoms with Crippen LogP contribution in [0, 0.1) is 0 Å². The summed E-state index contributed by atoms with van der Waals surface area (Å²) in [6, 6.07) is 0. The predicted molar refractivity (Wildman–Crippen MR) is 191 cm³/mol. The van der Waals surface area contributed by atoms with Crippen LogP contribution < -0.4 is 4.89 Å². The molecule has 0 aromatic heterocycles. The Morgan fingerprint density at radius 3 is 1.62 bits per heavy atom. The van der Waals surface area contributed by atoms with E-state index in [0.29, 0.717) is 6.42 Å². The van der Waals surface area contributed by atoms with Gasteiger partial charge >= 0.3 is 5.97 Å². The molecule has 0 saturated carbocycles. The average Bonchev–Trinajstić information content (AvgIpc) is 3.02. The summed E-state index contributed by atoms with van der Waals surface area (Å²) in [6.07, 6.45) is 30.4. The van der Waals surface area contributed by atoms with Crippen molar-refractivity contribution in [1.29, 1.82) is 0 Å². The van der Waals surface area contributed by atoms with Crippen LogP contribution in [-0.2, 0) is 18.6 Å². The van der Waals surface area contributed by atoms with E-state index in [1.165, 1.54) is 96.3 Å². The predicted octanol–water partition coefficient (Wildman–Crippen LogP) is 7.91. The van der Waals surface area contributed by atoms with Crippen molar-refractivity contribution in [2.75, 3.05) is 33.9 Å². The molecule has 0 aromatic rings. The number of nitrogens with zero attached hydrogens (tertiary/aromatic N) is 1. The van der Waals surface area contributed by atoms with Crippen molar-refractivity contribution in [3.05, 3.63) is 24.3 Å². The Balaban J connectivity index is 3.75. The number of quaternary nitrogens is 1. The third-order valence-corrected chi connectivity index (χ3v) is 10.9. The minimum absolute atomic E-state index is 0.00665. The molecule has 47 heavy (non-hydrogen) atoms. The van der Waals surface area contributed by atoms with Crippen LogP contribution in [0.3, 0.4) is 0 Å². The van der Waals surface area contributed by atoms with Crippen LogP contribution in [-0.4, -0.2) is 77.8 Å². The molecule has 0 aliphatic heterocycles. The Morgan fingerprint density at radius 2 is 1.17 bits per heavy atom. The second kappa shape index (κ2) is 29.8. The lowest BCUT2D eigenvalue weighted by atomic mass is 10.1. The molecular formula is C37H72NO8P. The van der Waals surface area contributed by atoms with E-state index in [4.69, 9.17) is 19.5 Å². The van der Waals surface area contributed by atoms with Crippen molar-refractivity contribution >= 4 is 13.6 Å². The zero-order valence-corrected chi connectivity index (χ0v) is 31.4. The van der Waals surface area contributed by atoms with Crippen LogP contribution >= 0.6 is 7.60 Å². The molecule has 0 bridgehead atoms. The number of hydrogen-bond acceptors (Lipinski definition) is 8. The van der Waals surface area contributed by atoms with E-state index in [2.05, 4.69) is 31.2 Å². The summed E-state index contributed by atoms with van der Waals surface area (Å²) >= 11 is 0. The van der Waals surface area contributed by atoms with Gasteiger partial charge in [0.25, 0.3) is 0 Å². The molecule has 0 heterocycles. The molecule has 0 aromatic carbocycles. The molecule has 278 valence electrons. The molecule has 3 N–H and O–H groups in total. The number of ether oxygens (including phenoxy) is 1. The molecule has 0 fully saturated rings. The smallest absolute Gasteiger partial charge is 0.305 e. The van der Waals surface area contributed by atoms with E-state index >= 15 is 0 Å². The number of allylic oxidation sites excluding steroid dienone is 4. The molecule has 0 rings (SSSR count). The third kappa shape index (κ3) is 27.5. The van der Waals surface area contributed by atoms with Gasteiger partial charge in [-0.3, -0.25) is 4.79 Å². The van der Waals surface area contributed by atoms with Gasteiger partial charge < -0.3 is 38.5 Å². The fraction of sp³-hybridized carbons (Fsp3) is 0.865. The van der Waals surface area contributed by atoms with E-state index in [1.54, 1.807) is 21.0 Å². The first-order valence-electron chi connectivity index (χ1n) is 18.7. The second-order valence-corrected chi connectivity index (χ2v) is 15.6. The van der Waals surface area contributed by atoms with Crippen LogP contribution in [0.5, 0.6) is 0 Å². The van der Waals surface area contributed by atoms with E-state index in [1.807, 2.05) is 0 Å². The van der Waals surface area contributed by atoms with Gasteiger partial charge in [0.15, 0.2) is 19.7 Å². The van der Waals surface area contributed by atoms with Gasteiger partial charge in [-0.2, -0.15) is 0 Å². The van der Waals surface area contributed by atoms with Gasteiger partial charge in [0.1, 0.15) is 12.7 Å². The standard InChI is InChI=1S/C37H72NO8P/c1-5-7-8-9-10-11-12-13-14-15-16-17-18-19-20-21-22-23-24-25-26-27-28-29-37(42)45-32-34(39)33-46-47(43,44)35(6-2)38(3,4)31-30-36(40)41/h12-13,24-25,34-36,39-41H,5-11,14-23,26-33H2,1-4H3/b13-12-,25-24-/t34-,35?/m1/s1. The second-order valence-electron chi connectivity index (χ2n) is 13.6. The van der Waals surface area contributed by atoms with Crippen molar-refractivity contribution in [3.8, 4) is 0 Å². The number of esters is 1. The Morgan fingerprint density at radius 1 is 0.723 bits per heavy atom. The minimum Gasteiger partial charge on any atom is -0.774 e. The van der Waals surface area contributed by atoms with E-state index < -0.39 is 38.3 Å². The Hall–Kier alpha value is -1.06. The highest BCUT2D eigenvalue weighted by Gasteiger charge is 2.37. The summed E-state index contributed by atoms with van der Waals surface area (Å²) in [7, 11) is -1.03. The van der Waals surface area contributed by atoms with Gasteiger partial charge in [-0.05, 0) is 57.8 Å². The van der Waals surface area contributed by atoms with Crippen LogP contribution in [0.4, 0.5) is 0 Å². The number of carbonyl (C=O) groups excluding carboxylic acids is 1. The average molecular weight is 690 g/mol. The first kappa shape index (κ1) is 45.9. The molecule has 0 saturated heterocycles. The number of carbonyl (C=O) groups is 1. The van der Waals surface area contributed by atoms with E-state index in [0.717, 1.165) is 19.3 Å². The van der Waals surface area contributed by atoms with Crippen molar-refractivity contribution in [3.63, 3.8) is 0 Å². The summed E-state index contributed by atoms with van der Waals surface area (Å²) in [5.41, 5.74) is 0. The monoisotopic (exact) mass is 689 g/mol. The number of aliphatic hydroxyl groups excluding tert-OH is 2. The molecular weight excluding hydrogens is 617 g/mol. The van der Waals surface area contributed by atoms with Gasteiger partial charge in [0, 0.05) is 19.3 Å². The highest BCUT2D eigenvalue weighted by Crippen LogP contribution is 2.48. The van der Waals surface area contributed by atoms with Crippen LogP contribution in [0.25, 0.3) is 0 Å². The lowest BCUT2D eigenvalue weighted by molar-refractivity contribution is -0.904. The zero-order chi connectivity index (χ0) is 35.2. The van der Waals surface area contributed by atoms with Gasteiger partial charge in [-0.25, -0.2) is 0 Å². The molecule has 2 unspecified atom stereocenters. The molecule has 0 radical (unpaired) electrons. The summed E-state index contributed by atoms with van der Waals surface area (Å²) in [4.78, 5) is 24.8. The lowest BCUT2D eigenvalue weighted by Crippen LogP contribution is -2.51. The fourth-order valence-corrected chi connectivity index (χ4v) is 7.62. The normalized spacial score (nSPS) is 15.1. The number of hydrogen-bond donors (Lipinski definition) is 3. The van der Waals surface area contributed by atoms with E-state index in [9.17, 15) is 19.4 Å². The summed E-state index contributed by atoms with van der Waals surface area (Å²) in [5, 5.41) is 28.4. The van der Waals surface area contributed by atoms with Crippen molar-refractivity contribution < 1.29 is 43.3 Å². The quantitative estimate of drug-likeness (QED) is 0.0158. The number of rotatable bonds is 33. The van der Waals surface area contributed by atoms with Gasteiger partial charge in [0.2, 0.25) is 0 Å². The Labute approximate surface area is 287 Å². The van der Waals surface area contributed by atoms with Crippen molar-refractivity contribution in [2.24, 2.45) is 0 Å². The molecule has 0 spiro atoms. The molecule has 0 amide bonds. The maximum absolute atomic E-state index is 12.8. The first-order chi connectivity index (χ1) is 22.5. The van der Waals surface area contributed by atoms with Gasteiger partial charge in [-0.1, -0.05) is 102 Å². The maximum Gasteiger partial charge on any atom is 0.305 e. The Bertz CT molecular complexity index is 848. The van der Waals surface area contributed by atoms with Crippen LogP contribution in [0.15, 0.2) is 24.3 Å².